The molecule has 0 heterocycles. The van der Waals surface area contributed by atoms with Gasteiger partial charge in [0.2, 0.25) is 0 Å². The van der Waals surface area contributed by atoms with Gasteiger partial charge in [-0.2, -0.15) is 0 Å². The van der Waals surface area contributed by atoms with Gasteiger partial charge in [-0.15, -0.1) is 0 Å². The molecule has 0 amide bonds. The fourth-order valence-corrected chi connectivity index (χ4v) is 2.01. The van der Waals surface area contributed by atoms with Gasteiger partial charge in [0.05, 0.1) is 6.61 Å². The molecule has 0 aliphatic rings. The number of anilines is 1. The van der Waals surface area contributed by atoms with Gasteiger partial charge in [-0.1, -0.05) is 17.7 Å². The molecule has 0 atom stereocenters. The molecule has 1 rings (SSSR count). The number of nitrogens with zero attached hydrogens (tertiary/aromatic N) is 1. The highest BCUT2D eigenvalue weighted by molar-refractivity contribution is 5.53. The van der Waals surface area contributed by atoms with E-state index in [0.29, 0.717) is 0 Å². The topological polar surface area (TPSA) is 24.5 Å². The van der Waals surface area contributed by atoms with Crippen molar-refractivity contribution in [1.82, 2.24) is 5.32 Å². The van der Waals surface area contributed by atoms with E-state index in [9.17, 15) is 0 Å². The van der Waals surface area contributed by atoms with Gasteiger partial charge in [0.25, 0.3) is 0 Å². The first kappa shape index (κ1) is 15.0. The Balaban J connectivity index is 2.29. The Morgan fingerprint density at radius 2 is 2.00 bits per heavy atom. The molecule has 0 aliphatic heterocycles. The highest BCUT2D eigenvalue weighted by Crippen LogP contribution is 2.19. The van der Waals surface area contributed by atoms with Crippen LogP contribution in [-0.2, 0) is 4.74 Å². The molecular formula is C15H26N2O. The SMILES string of the molecule is CCOCCNCCN(C)c1ccc(C)cc1C. The Labute approximate surface area is 111 Å². The fraction of sp³-hybridized carbons (Fsp3) is 0.600. The van der Waals surface area contributed by atoms with Crippen LogP contribution in [0.25, 0.3) is 0 Å². The number of hydrogen-bond donors (Lipinski definition) is 1. The van der Waals surface area contributed by atoms with E-state index in [-0.39, 0.29) is 0 Å². The van der Waals surface area contributed by atoms with Crippen molar-refractivity contribution in [3.05, 3.63) is 29.3 Å². The van der Waals surface area contributed by atoms with Gasteiger partial charge in [0, 0.05) is 39.0 Å². The van der Waals surface area contributed by atoms with Gasteiger partial charge in [0.1, 0.15) is 0 Å². The van der Waals surface area contributed by atoms with Crippen molar-refractivity contribution < 1.29 is 4.74 Å². The highest BCUT2D eigenvalue weighted by Gasteiger charge is 2.03. The molecule has 0 saturated heterocycles. The summed E-state index contributed by atoms with van der Waals surface area (Å²) in [5.41, 5.74) is 3.97. The number of hydrogen-bond acceptors (Lipinski definition) is 3. The van der Waals surface area contributed by atoms with Gasteiger partial charge >= 0.3 is 0 Å². The van der Waals surface area contributed by atoms with E-state index >= 15 is 0 Å². The first-order chi connectivity index (χ1) is 8.65. The Morgan fingerprint density at radius 3 is 2.67 bits per heavy atom. The van der Waals surface area contributed by atoms with Crippen molar-refractivity contribution >= 4 is 5.69 Å². The maximum atomic E-state index is 5.28. The van der Waals surface area contributed by atoms with Crippen molar-refractivity contribution in [2.75, 3.05) is 44.8 Å². The molecule has 0 bridgehead atoms. The van der Waals surface area contributed by atoms with Crippen LogP contribution in [0.4, 0.5) is 5.69 Å². The largest absolute Gasteiger partial charge is 0.380 e. The van der Waals surface area contributed by atoms with Crippen LogP contribution < -0.4 is 10.2 Å². The molecule has 18 heavy (non-hydrogen) atoms. The summed E-state index contributed by atoms with van der Waals surface area (Å²) in [5, 5.41) is 3.39. The van der Waals surface area contributed by atoms with Crippen LogP contribution in [0.1, 0.15) is 18.1 Å². The van der Waals surface area contributed by atoms with E-state index in [1.165, 1.54) is 16.8 Å². The number of nitrogens with one attached hydrogen (secondary N) is 1. The summed E-state index contributed by atoms with van der Waals surface area (Å²) in [6, 6.07) is 6.60. The van der Waals surface area contributed by atoms with Crippen LogP contribution in [0.2, 0.25) is 0 Å². The average molecular weight is 250 g/mol. The van der Waals surface area contributed by atoms with E-state index in [0.717, 1.165) is 32.8 Å². The molecule has 0 radical (unpaired) electrons. The smallest absolute Gasteiger partial charge is 0.0590 e. The molecule has 3 heteroatoms. The lowest BCUT2D eigenvalue weighted by Gasteiger charge is -2.22. The van der Waals surface area contributed by atoms with E-state index in [4.69, 9.17) is 4.74 Å². The number of likely N-dealkylation sites (N-methyl/N-ethyl adjacent to an activating group) is 1. The zero-order valence-electron chi connectivity index (χ0n) is 12.1. The predicted molar refractivity (Wildman–Crippen MR) is 78.5 cm³/mol. The highest BCUT2D eigenvalue weighted by atomic mass is 16.5. The molecule has 1 N–H and O–H groups in total. The third-order valence-corrected chi connectivity index (χ3v) is 3.01. The standard InChI is InChI=1S/C15H26N2O/c1-5-18-11-9-16-8-10-17(4)15-7-6-13(2)12-14(15)3/h6-7,12,16H,5,8-11H2,1-4H3. The van der Waals surface area contributed by atoms with Crippen LogP contribution >= 0.6 is 0 Å². The monoisotopic (exact) mass is 250 g/mol. The van der Waals surface area contributed by atoms with Gasteiger partial charge in [-0.05, 0) is 32.4 Å². The predicted octanol–water partition coefficient (Wildman–Crippen LogP) is 2.37. The van der Waals surface area contributed by atoms with Gasteiger partial charge in [0.15, 0.2) is 0 Å². The lowest BCUT2D eigenvalue weighted by atomic mass is 10.1. The molecular weight excluding hydrogens is 224 g/mol. The van der Waals surface area contributed by atoms with Crippen molar-refractivity contribution in [1.29, 1.82) is 0 Å². The summed E-state index contributed by atoms with van der Waals surface area (Å²) in [4.78, 5) is 2.29. The Morgan fingerprint density at radius 1 is 1.22 bits per heavy atom. The van der Waals surface area contributed by atoms with Crippen LogP contribution in [0.3, 0.4) is 0 Å². The minimum Gasteiger partial charge on any atom is -0.380 e. The third-order valence-electron chi connectivity index (χ3n) is 3.01. The van der Waals surface area contributed by atoms with Crippen LogP contribution in [-0.4, -0.2) is 39.9 Å². The molecule has 3 nitrogen and oxygen atoms in total. The van der Waals surface area contributed by atoms with Crippen LogP contribution in [0, 0.1) is 13.8 Å². The normalized spacial score (nSPS) is 10.7. The van der Waals surface area contributed by atoms with Crippen molar-refractivity contribution in [2.24, 2.45) is 0 Å². The second-order valence-corrected chi connectivity index (χ2v) is 4.66. The molecule has 102 valence electrons. The zero-order valence-corrected chi connectivity index (χ0v) is 12.1. The number of ether oxygens (including phenoxy) is 1. The maximum absolute atomic E-state index is 5.28. The summed E-state index contributed by atoms with van der Waals surface area (Å²) in [7, 11) is 2.14. The molecule has 0 aliphatic carbocycles. The first-order valence-electron chi connectivity index (χ1n) is 6.72. The van der Waals surface area contributed by atoms with Crippen molar-refractivity contribution in [3.63, 3.8) is 0 Å². The minimum absolute atomic E-state index is 0.795. The molecule has 0 fully saturated rings. The molecule has 1 aromatic rings. The fourth-order valence-electron chi connectivity index (χ4n) is 2.01. The summed E-state index contributed by atoms with van der Waals surface area (Å²) in [6.07, 6.45) is 0. The first-order valence-corrected chi connectivity index (χ1v) is 6.72. The third kappa shape index (κ3) is 5.07. The second-order valence-electron chi connectivity index (χ2n) is 4.66. The number of aryl methyl sites for hydroxylation is 2. The Kier molecular flexibility index (Phi) is 6.76. The molecule has 0 saturated carbocycles. The number of benzene rings is 1. The second kappa shape index (κ2) is 8.11. The van der Waals surface area contributed by atoms with Crippen LogP contribution in [0.15, 0.2) is 18.2 Å². The molecule has 1 aromatic carbocycles. The van der Waals surface area contributed by atoms with E-state index in [1.807, 2.05) is 6.92 Å². The molecule has 0 unspecified atom stereocenters. The Hall–Kier alpha value is -1.06. The van der Waals surface area contributed by atoms with Gasteiger partial charge < -0.3 is 15.0 Å². The van der Waals surface area contributed by atoms with Crippen molar-refractivity contribution in [2.45, 2.75) is 20.8 Å². The zero-order chi connectivity index (χ0) is 13.4. The van der Waals surface area contributed by atoms with E-state index < -0.39 is 0 Å². The lowest BCUT2D eigenvalue weighted by molar-refractivity contribution is 0.149. The quantitative estimate of drug-likeness (QED) is 0.717. The summed E-state index contributed by atoms with van der Waals surface area (Å²) in [5.74, 6) is 0. The maximum Gasteiger partial charge on any atom is 0.0590 e. The average Bonchev–Trinajstić information content (AvgIpc) is 2.33. The van der Waals surface area contributed by atoms with Gasteiger partial charge in [-0.25, -0.2) is 0 Å². The van der Waals surface area contributed by atoms with Crippen molar-refractivity contribution in [3.8, 4) is 0 Å². The molecule has 0 aromatic heterocycles. The summed E-state index contributed by atoms with van der Waals surface area (Å²) < 4.78 is 5.28. The number of rotatable bonds is 8. The minimum atomic E-state index is 0.795. The summed E-state index contributed by atoms with van der Waals surface area (Å²) >= 11 is 0. The lowest BCUT2D eigenvalue weighted by Crippen LogP contribution is -2.31. The van der Waals surface area contributed by atoms with E-state index in [2.05, 4.69) is 49.3 Å². The van der Waals surface area contributed by atoms with Gasteiger partial charge in [-0.3, -0.25) is 0 Å². The Bertz CT molecular complexity index is 352. The molecule has 0 spiro atoms. The summed E-state index contributed by atoms with van der Waals surface area (Å²) in [6.45, 7) is 10.8. The van der Waals surface area contributed by atoms with E-state index in [1.54, 1.807) is 0 Å². The van der Waals surface area contributed by atoms with Crippen LogP contribution in [0.5, 0.6) is 0 Å².